The molecule has 1 atom stereocenters. The van der Waals surface area contributed by atoms with Crippen LogP contribution in [0.15, 0.2) is 17.2 Å². The van der Waals surface area contributed by atoms with Crippen molar-refractivity contribution in [3.8, 4) is 0 Å². The number of piperidine rings is 1. The molecule has 20 heavy (non-hydrogen) atoms. The number of carboxylic acid groups (broad SMARTS) is 1. The molecule has 1 unspecified atom stereocenters. The van der Waals surface area contributed by atoms with Gasteiger partial charge in [0.25, 0.3) is 0 Å². The zero-order valence-corrected chi connectivity index (χ0v) is 12.4. The molecule has 1 aromatic heterocycles. The van der Waals surface area contributed by atoms with Crippen LogP contribution in [0.5, 0.6) is 0 Å². The smallest absolute Gasteiger partial charge is 0.352 e. The van der Waals surface area contributed by atoms with Gasteiger partial charge in [-0.05, 0) is 32.5 Å². The van der Waals surface area contributed by atoms with Gasteiger partial charge in [0.2, 0.25) is 10.0 Å². The highest BCUT2D eigenvalue weighted by Crippen LogP contribution is 2.22. The fourth-order valence-electron chi connectivity index (χ4n) is 2.45. The van der Waals surface area contributed by atoms with Gasteiger partial charge in [0, 0.05) is 25.8 Å². The van der Waals surface area contributed by atoms with E-state index in [-0.39, 0.29) is 16.6 Å². The Morgan fingerprint density at radius 1 is 1.55 bits per heavy atom. The van der Waals surface area contributed by atoms with E-state index in [0.29, 0.717) is 6.54 Å². The van der Waals surface area contributed by atoms with Gasteiger partial charge in [0.15, 0.2) is 0 Å². The molecule has 0 spiro atoms. The zero-order valence-electron chi connectivity index (χ0n) is 11.5. The molecule has 0 bridgehead atoms. The number of H-pyrrole nitrogens is 1. The quantitative estimate of drug-likeness (QED) is 0.841. The third kappa shape index (κ3) is 2.87. The molecule has 8 heteroatoms. The molecular formula is C12H19N3O4S. The van der Waals surface area contributed by atoms with E-state index in [0.717, 1.165) is 25.5 Å². The van der Waals surface area contributed by atoms with Gasteiger partial charge in [0.05, 0.1) is 0 Å². The first-order valence-electron chi connectivity index (χ1n) is 6.40. The molecule has 112 valence electrons. The average Bonchev–Trinajstić information content (AvgIpc) is 2.88. The maximum atomic E-state index is 12.5. The van der Waals surface area contributed by atoms with Crippen molar-refractivity contribution < 1.29 is 18.3 Å². The number of rotatable bonds is 4. The average molecular weight is 301 g/mol. The number of nitrogens with zero attached hydrogens (tertiary/aromatic N) is 2. The minimum Gasteiger partial charge on any atom is -0.477 e. The van der Waals surface area contributed by atoms with Gasteiger partial charge >= 0.3 is 5.97 Å². The minimum atomic E-state index is -3.66. The van der Waals surface area contributed by atoms with E-state index < -0.39 is 16.0 Å². The van der Waals surface area contributed by atoms with E-state index in [1.54, 1.807) is 7.05 Å². The molecule has 0 radical (unpaired) electrons. The van der Waals surface area contributed by atoms with E-state index in [9.17, 15) is 13.2 Å². The Kier molecular flexibility index (Phi) is 4.17. The van der Waals surface area contributed by atoms with Crippen molar-refractivity contribution in [1.82, 2.24) is 14.2 Å². The van der Waals surface area contributed by atoms with Crippen molar-refractivity contribution in [2.24, 2.45) is 0 Å². The van der Waals surface area contributed by atoms with Gasteiger partial charge in [-0.15, -0.1) is 0 Å². The van der Waals surface area contributed by atoms with E-state index in [2.05, 4.69) is 9.88 Å². The highest BCUT2D eigenvalue weighted by Gasteiger charge is 2.31. The summed E-state index contributed by atoms with van der Waals surface area (Å²) in [5.74, 6) is -1.17. The summed E-state index contributed by atoms with van der Waals surface area (Å²) >= 11 is 0. The number of likely N-dealkylation sites (tertiary alicyclic amines) is 1. The van der Waals surface area contributed by atoms with Crippen molar-refractivity contribution in [3.63, 3.8) is 0 Å². The highest BCUT2D eigenvalue weighted by molar-refractivity contribution is 7.89. The number of aromatic nitrogens is 1. The largest absolute Gasteiger partial charge is 0.477 e. The van der Waals surface area contributed by atoms with Crippen LogP contribution < -0.4 is 0 Å². The number of sulfonamides is 1. The number of aromatic amines is 1. The Morgan fingerprint density at radius 2 is 2.25 bits per heavy atom. The number of carbonyl (C=O) groups is 1. The molecular weight excluding hydrogens is 282 g/mol. The van der Waals surface area contributed by atoms with Gasteiger partial charge in [-0.3, -0.25) is 0 Å². The topological polar surface area (TPSA) is 93.7 Å². The van der Waals surface area contributed by atoms with Crippen molar-refractivity contribution >= 4 is 16.0 Å². The van der Waals surface area contributed by atoms with Gasteiger partial charge in [-0.1, -0.05) is 0 Å². The molecule has 0 saturated carbocycles. The van der Waals surface area contributed by atoms with E-state index >= 15 is 0 Å². The second-order valence-electron chi connectivity index (χ2n) is 5.13. The van der Waals surface area contributed by atoms with Crippen molar-refractivity contribution in [3.05, 3.63) is 18.0 Å². The molecule has 1 saturated heterocycles. The van der Waals surface area contributed by atoms with Crippen LogP contribution in [0, 0.1) is 0 Å². The van der Waals surface area contributed by atoms with Crippen molar-refractivity contribution in [2.75, 3.05) is 27.2 Å². The summed E-state index contributed by atoms with van der Waals surface area (Å²) in [5.41, 5.74) is -0.127. The van der Waals surface area contributed by atoms with Crippen LogP contribution in [0.3, 0.4) is 0 Å². The Balaban J connectivity index is 2.22. The zero-order chi connectivity index (χ0) is 14.9. The SMILES string of the molecule is CN1CCCC(N(C)S(=O)(=O)c2c[nH]c(C(=O)O)c2)C1. The Morgan fingerprint density at radius 3 is 2.80 bits per heavy atom. The normalized spacial score (nSPS) is 21.2. The predicted molar refractivity (Wildman–Crippen MR) is 73.2 cm³/mol. The first-order chi connectivity index (χ1) is 9.32. The van der Waals surface area contributed by atoms with Gasteiger partial charge in [-0.2, -0.15) is 4.31 Å². The molecule has 2 N–H and O–H groups in total. The Labute approximate surface area is 118 Å². The Bertz CT molecular complexity index is 596. The molecule has 1 aliphatic heterocycles. The molecule has 0 amide bonds. The second kappa shape index (κ2) is 5.55. The number of aromatic carboxylic acids is 1. The summed E-state index contributed by atoms with van der Waals surface area (Å²) in [5, 5.41) is 8.84. The lowest BCUT2D eigenvalue weighted by Crippen LogP contribution is -2.47. The monoisotopic (exact) mass is 301 g/mol. The van der Waals surface area contributed by atoms with Crippen LogP contribution in [0.25, 0.3) is 0 Å². The standard InChI is InChI=1S/C12H19N3O4S/c1-14-5-3-4-9(8-14)15(2)20(18,19)10-6-11(12(16)17)13-7-10/h6-7,9,13H,3-5,8H2,1-2H3,(H,16,17). The second-order valence-corrected chi connectivity index (χ2v) is 7.13. The molecule has 1 aliphatic rings. The fourth-order valence-corrected chi connectivity index (χ4v) is 3.82. The van der Waals surface area contributed by atoms with Crippen LogP contribution in [-0.4, -0.2) is 66.9 Å². The number of likely N-dealkylation sites (N-methyl/N-ethyl adjacent to an activating group) is 2. The lowest BCUT2D eigenvalue weighted by Gasteiger charge is -2.34. The van der Waals surface area contributed by atoms with E-state index in [1.165, 1.54) is 10.5 Å². The van der Waals surface area contributed by atoms with Gasteiger partial charge < -0.3 is 15.0 Å². The molecule has 1 aromatic rings. The van der Waals surface area contributed by atoms with Gasteiger partial charge in [0.1, 0.15) is 10.6 Å². The number of nitrogens with one attached hydrogen (secondary N) is 1. The number of hydrogen-bond acceptors (Lipinski definition) is 4. The van der Waals surface area contributed by atoms with E-state index in [1.807, 2.05) is 7.05 Å². The number of carboxylic acids is 1. The summed E-state index contributed by atoms with van der Waals surface area (Å²) in [6.07, 6.45) is 2.99. The fraction of sp³-hybridized carbons (Fsp3) is 0.583. The number of hydrogen-bond donors (Lipinski definition) is 2. The van der Waals surface area contributed by atoms with Crippen LogP contribution in [-0.2, 0) is 10.0 Å². The third-order valence-electron chi connectivity index (χ3n) is 3.68. The van der Waals surface area contributed by atoms with Crippen molar-refractivity contribution in [1.29, 1.82) is 0 Å². The molecule has 1 fully saturated rings. The molecule has 0 aliphatic carbocycles. The van der Waals surface area contributed by atoms with Crippen molar-refractivity contribution in [2.45, 2.75) is 23.8 Å². The maximum absolute atomic E-state index is 12.5. The highest BCUT2D eigenvalue weighted by atomic mass is 32.2. The first kappa shape index (κ1) is 15.0. The first-order valence-corrected chi connectivity index (χ1v) is 7.84. The molecule has 0 aromatic carbocycles. The summed E-state index contributed by atoms with van der Waals surface area (Å²) in [6, 6.07) is 1.07. The van der Waals surface area contributed by atoms with Crippen LogP contribution in [0.4, 0.5) is 0 Å². The summed E-state index contributed by atoms with van der Waals surface area (Å²) in [6.45, 7) is 1.66. The summed E-state index contributed by atoms with van der Waals surface area (Å²) in [4.78, 5) is 15.4. The van der Waals surface area contributed by atoms with Gasteiger partial charge in [-0.25, -0.2) is 13.2 Å². The molecule has 2 heterocycles. The van der Waals surface area contributed by atoms with E-state index in [4.69, 9.17) is 5.11 Å². The lowest BCUT2D eigenvalue weighted by molar-refractivity contribution is 0.0691. The lowest BCUT2D eigenvalue weighted by atomic mass is 10.1. The Hall–Kier alpha value is -1.38. The summed E-state index contributed by atoms with van der Waals surface area (Å²) < 4.78 is 26.3. The predicted octanol–water partition coefficient (Wildman–Crippen LogP) is 0.428. The summed E-state index contributed by atoms with van der Waals surface area (Å²) in [7, 11) is -0.151. The van der Waals surface area contributed by atoms with Crippen LogP contribution in [0.2, 0.25) is 0 Å². The minimum absolute atomic E-state index is 0.00868. The van der Waals surface area contributed by atoms with Crippen LogP contribution in [0.1, 0.15) is 23.3 Å². The maximum Gasteiger partial charge on any atom is 0.352 e. The molecule has 7 nitrogen and oxygen atoms in total. The molecule has 2 rings (SSSR count). The van der Waals surface area contributed by atoms with Crippen LogP contribution >= 0.6 is 0 Å². The third-order valence-corrected chi connectivity index (χ3v) is 5.57.